The van der Waals surface area contributed by atoms with E-state index < -0.39 is 0 Å². The number of nitriles is 1. The number of hydrogen-bond acceptors (Lipinski definition) is 4. The molecule has 2 rings (SSSR count). The first kappa shape index (κ1) is 14.0. The molecular weight excluding hydrogens is 236 g/mol. The van der Waals surface area contributed by atoms with Crippen molar-refractivity contribution >= 4 is 0 Å². The lowest BCUT2D eigenvalue weighted by molar-refractivity contribution is 0.209. The van der Waals surface area contributed by atoms with Crippen molar-refractivity contribution in [3.05, 3.63) is 29.6 Å². The summed E-state index contributed by atoms with van der Waals surface area (Å²) in [5.74, 6) is 0. The quantitative estimate of drug-likeness (QED) is 0.876. The zero-order valence-corrected chi connectivity index (χ0v) is 11.6. The minimum atomic E-state index is 0.435. The summed E-state index contributed by atoms with van der Waals surface area (Å²) in [7, 11) is 0. The van der Waals surface area contributed by atoms with Crippen molar-refractivity contribution < 1.29 is 0 Å². The van der Waals surface area contributed by atoms with Crippen LogP contribution < -0.4 is 5.32 Å². The van der Waals surface area contributed by atoms with Crippen LogP contribution in [0.25, 0.3) is 0 Å². The number of piperidine rings is 1. The number of nitrogens with one attached hydrogen (secondary N) is 1. The first-order chi connectivity index (χ1) is 9.29. The Kier molecular flexibility index (Phi) is 5.31. The van der Waals surface area contributed by atoms with Gasteiger partial charge in [0.05, 0.1) is 0 Å². The van der Waals surface area contributed by atoms with E-state index >= 15 is 0 Å². The van der Waals surface area contributed by atoms with Gasteiger partial charge in [-0.05, 0) is 38.9 Å². The summed E-state index contributed by atoms with van der Waals surface area (Å²) in [5.41, 5.74) is 1.51. The Morgan fingerprint density at radius 3 is 2.95 bits per heavy atom. The minimum absolute atomic E-state index is 0.435. The Bertz CT molecular complexity index is 432. The van der Waals surface area contributed by atoms with Crippen LogP contribution in [0.2, 0.25) is 0 Å². The second-order valence-corrected chi connectivity index (χ2v) is 5.27. The predicted molar refractivity (Wildman–Crippen MR) is 75.5 cm³/mol. The summed E-state index contributed by atoms with van der Waals surface area (Å²) in [6.45, 7) is 6.45. The molecule has 19 heavy (non-hydrogen) atoms. The van der Waals surface area contributed by atoms with Crippen LogP contribution in [0.5, 0.6) is 0 Å². The molecule has 0 spiro atoms. The maximum absolute atomic E-state index is 9.00. The van der Waals surface area contributed by atoms with Gasteiger partial charge in [-0.15, -0.1) is 0 Å². The van der Waals surface area contributed by atoms with E-state index in [1.54, 1.807) is 6.20 Å². The van der Waals surface area contributed by atoms with E-state index in [-0.39, 0.29) is 0 Å². The summed E-state index contributed by atoms with van der Waals surface area (Å²) in [6, 6.07) is 6.42. The molecule has 2 heterocycles. The molecule has 0 aromatic carbocycles. The largest absolute Gasteiger partial charge is 0.309 e. The fraction of sp³-hybridized carbons (Fsp3) is 0.600. The van der Waals surface area contributed by atoms with Gasteiger partial charge in [0.2, 0.25) is 0 Å². The van der Waals surface area contributed by atoms with E-state index in [0.29, 0.717) is 18.3 Å². The van der Waals surface area contributed by atoms with Crippen LogP contribution in [0, 0.1) is 11.3 Å². The number of nitrogens with zero attached hydrogens (tertiary/aromatic N) is 3. The molecule has 4 heteroatoms. The van der Waals surface area contributed by atoms with E-state index in [2.05, 4.69) is 28.2 Å². The summed E-state index contributed by atoms with van der Waals surface area (Å²) in [4.78, 5) is 6.60. The molecule has 1 aliphatic rings. The maximum Gasteiger partial charge on any atom is 0.144 e. The van der Waals surface area contributed by atoms with Crippen molar-refractivity contribution in [3.8, 4) is 6.07 Å². The second kappa shape index (κ2) is 7.22. The minimum Gasteiger partial charge on any atom is -0.309 e. The van der Waals surface area contributed by atoms with E-state index in [1.807, 2.05) is 12.1 Å². The van der Waals surface area contributed by atoms with Crippen LogP contribution in [-0.2, 0) is 6.54 Å². The average Bonchev–Trinajstić information content (AvgIpc) is 2.46. The zero-order valence-electron chi connectivity index (χ0n) is 11.6. The molecule has 0 saturated carbocycles. The van der Waals surface area contributed by atoms with Gasteiger partial charge in [-0.2, -0.15) is 5.26 Å². The van der Waals surface area contributed by atoms with Gasteiger partial charge in [0.1, 0.15) is 11.8 Å². The SMILES string of the molecule is CC(CN1CCCCC1)NCc1cccnc1C#N. The molecular formula is C15H22N4. The number of rotatable bonds is 5. The van der Waals surface area contributed by atoms with E-state index in [0.717, 1.165) is 12.1 Å². The van der Waals surface area contributed by atoms with Crippen molar-refractivity contribution in [2.24, 2.45) is 0 Å². The zero-order chi connectivity index (χ0) is 13.5. The summed E-state index contributed by atoms with van der Waals surface area (Å²) in [5, 5.41) is 12.5. The highest BCUT2D eigenvalue weighted by Gasteiger charge is 2.13. The molecule has 0 bridgehead atoms. The van der Waals surface area contributed by atoms with Crippen molar-refractivity contribution in [3.63, 3.8) is 0 Å². The van der Waals surface area contributed by atoms with Crippen LogP contribution >= 0.6 is 0 Å². The fourth-order valence-electron chi connectivity index (χ4n) is 2.56. The van der Waals surface area contributed by atoms with Crippen LogP contribution in [0.3, 0.4) is 0 Å². The van der Waals surface area contributed by atoms with Crippen molar-refractivity contribution in [2.75, 3.05) is 19.6 Å². The normalized spacial score (nSPS) is 17.9. The summed E-state index contributed by atoms with van der Waals surface area (Å²) >= 11 is 0. The average molecular weight is 258 g/mol. The number of likely N-dealkylation sites (tertiary alicyclic amines) is 1. The van der Waals surface area contributed by atoms with Gasteiger partial charge in [0.25, 0.3) is 0 Å². The predicted octanol–water partition coefficient (Wildman–Crippen LogP) is 1.92. The summed E-state index contributed by atoms with van der Waals surface area (Å²) in [6.07, 6.45) is 5.69. The Balaban J connectivity index is 1.79. The molecule has 0 amide bonds. The van der Waals surface area contributed by atoms with E-state index in [9.17, 15) is 0 Å². The van der Waals surface area contributed by atoms with Crippen LogP contribution in [0.15, 0.2) is 18.3 Å². The monoisotopic (exact) mass is 258 g/mol. The maximum atomic E-state index is 9.00. The molecule has 0 aliphatic carbocycles. The van der Waals surface area contributed by atoms with Gasteiger partial charge in [-0.3, -0.25) is 0 Å². The van der Waals surface area contributed by atoms with Crippen LogP contribution in [0.4, 0.5) is 0 Å². The molecule has 4 nitrogen and oxygen atoms in total. The van der Waals surface area contributed by atoms with Crippen LogP contribution in [-0.4, -0.2) is 35.6 Å². The van der Waals surface area contributed by atoms with Gasteiger partial charge in [-0.25, -0.2) is 4.98 Å². The Labute approximate surface area is 115 Å². The molecule has 1 unspecified atom stereocenters. The highest BCUT2D eigenvalue weighted by Crippen LogP contribution is 2.09. The van der Waals surface area contributed by atoms with Crippen LogP contribution in [0.1, 0.15) is 37.4 Å². The topological polar surface area (TPSA) is 52.0 Å². The molecule has 0 radical (unpaired) electrons. The molecule has 1 aromatic heterocycles. The van der Waals surface area contributed by atoms with Gasteiger partial charge < -0.3 is 10.2 Å². The molecule has 1 saturated heterocycles. The third-order valence-corrected chi connectivity index (χ3v) is 3.62. The van der Waals surface area contributed by atoms with Crippen molar-refractivity contribution in [2.45, 2.75) is 38.8 Å². The van der Waals surface area contributed by atoms with Gasteiger partial charge in [0.15, 0.2) is 0 Å². The van der Waals surface area contributed by atoms with Crippen molar-refractivity contribution in [1.29, 1.82) is 5.26 Å². The molecule has 1 atom stereocenters. The van der Waals surface area contributed by atoms with Gasteiger partial charge in [-0.1, -0.05) is 12.5 Å². The first-order valence-corrected chi connectivity index (χ1v) is 7.09. The molecule has 1 N–H and O–H groups in total. The number of aromatic nitrogens is 1. The lowest BCUT2D eigenvalue weighted by atomic mass is 10.1. The fourth-order valence-corrected chi connectivity index (χ4v) is 2.56. The van der Waals surface area contributed by atoms with E-state index in [1.165, 1.54) is 32.4 Å². The Hall–Kier alpha value is -1.44. The molecule has 1 fully saturated rings. The summed E-state index contributed by atoms with van der Waals surface area (Å²) < 4.78 is 0. The van der Waals surface area contributed by atoms with Gasteiger partial charge >= 0.3 is 0 Å². The highest BCUT2D eigenvalue weighted by molar-refractivity contribution is 5.30. The first-order valence-electron chi connectivity index (χ1n) is 7.09. The highest BCUT2D eigenvalue weighted by atomic mass is 15.1. The molecule has 1 aromatic rings. The Morgan fingerprint density at radius 1 is 1.42 bits per heavy atom. The van der Waals surface area contributed by atoms with Gasteiger partial charge in [0, 0.05) is 30.9 Å². The number of hydrogen-bond donors (Lipinski definition) is 1. The lowest BCUT2D eigenvalue weighted by Crippen LogP contribution is -2.41. The molecule has 1 aliphatic heterocycles. The Morgan fingerprint density at radius 2 is 2.21 bits per heavy atom. The molecule has 102 valence electrons. The second-order valence-electron chi connectivity index (χ2n) is 5.27. The standard InChI is InChI=1S/C15H22N4/c1-13(12-19-8-3-2-4-9-19)18-11-14-6-5-7-17-15(14)10-16/h5-7,13,18H,2-4,8-9,11-12H2,1H3. The smallest absolute Gasteiger partial charge is 0.144 e. The number of pyridine rings is 1. The third-order valence-electron chi connectivity index (χ3n) is 3.62. The van der Waals surface area contributed by atoms with Crippen molar-refractivity contribution in [1.82, 2.24) is 15.2 Å². The third kappa shape index (κ3) is 4.30. The van der Waals surface area contributed by atoms with E-state index in [4.69, 9.17) is 5.26 Å². The lowest BCUT2D eigenvalue weighted by Gasteiger charge is -2.29.